The maximum absolute atomic E-state index is 10.3. The topological polar surface area (TPSA) is 69.0 Å². The Morgan fingerprint density at radius 1 is 1.03 bits per heavy atom. The van der Waals surface area contributed by atoms with E-state index in [1.54, 1.807) is 18.9 Å². The lowest BCUT2D eigenvalue weighted by Crippen LogP contribution is -2.35. The molecule has 172 valence electrons. The van der Waals surface area contributed by atoms with Gasteiger partial charge in [-0.2, -0.15) is 5.10 Å². The summed E-state index contributed by atoms with van der Waals surface area (Å²) in [5.41, 5.74) is 2.88. The third-order valence-electron chi connectivity index (χ3n) is 5.16. The number of ether oxygens (including phenoxy) is 3. The van der Waals surface area contributed by atoms with Crippen LogP contribution in [0, 0.1) is 0 Å². The Balaban J connectivity index is 1.97. The van der Waals surface area contributed by atoms with Gasteiger partial charge in [-0.3, -0.25) is 4.90 Å². The van der Waals surface area contributed by atoms with Gasteiger partial charge in [0.25, 0.3) is 0 Å². The van der Waals surface area contributed by atoms with E-state index in [-0.39, 0.29) is 0 Å². The lowest BCUT2D eigenvalue weighted by atomic mass is 10.1. The molecule has 1 N–H and O–H groups in total. The van der Waals surface area contributed by atoms with Crippen LogP contribution in [0.1, 0.15) is 18.9 Å². The third-order valence-corrected chi connectivity index (χ3v) is 5.16. The molecule has 2 aromatic carbocycles. The average molecular weight is 440 g/mol. The molecular weight excluding hydrogens is 406 g/mol. The zero-order chi connectivity index (χ0) is 22.9. The number of aromatic nitrogens is 2. The summed E-state index contributed by atoms with van der Waals surface area (Å²) < 4.78 is 18.5. The molecule has 0 saturated heterocycles. The number of nitrogens with zero attached hydrogens (tertiary/aromatic N) is 3. The minimum absolute atomic E-state index is 0.300. The first kappa shape index (κ1) is 23.8. The van der Waals surface area contributed by atoms with Crippen molar-refractivity contribution in [3.8, 4) is 28.6 Å². The van der Waals surface area contributed by atoms with Crippen LogP contribution in [0.2, 0.25) is 0 Å². The van der Waals surface area contributed by atoms with Crippen LogP contribution < -0.4 is 9.47 Å². The standard InChI is InChI=1S/C25H33N3O4/c1-5-15-28(16-20(29)18-30-3)17-23-24(19-9-7-6-8-10-19)26-27(2)25(23)32-22-13-11-21(31-4)12-14-22/h6-14,20,29H,5,15-18H2,1-4H3/t20-/m0/s1. The van der Waals surface area contributed by atoms with E-state index in [1.807, 2.05) is 61.6 Å². The third kappa shape index (κ3) is 6.09. The molecule has 0 amide bonds. The fourth-order valence-electron chi connectivity index (χ4n) is 3.72. The van der Waals surface area contributed by atoms with Crippen LogP contribution in [0.3, 0.4) is 0 Å². The van der Waals surface area contributed by atoms with E-state index in [9.17, 15) is 5.11 Å². The van der Waals surface area contributed by atoms with Crippen molar-refractivity contribution in [2.75, 3.05) is 33.9 Å². The van der Waals surface area contributed by atoms with Crippen LogP contribution in [0.4, 0.5) is 0 Å². The molecule has 0 spiro atoms. The summed E-state index contributed by atoms with van der Waals surface area (Å²) >= 11 is 0. The van der Waals surface area contributed by atoms with E-state index in [1.165, 1.54) is 0 Å². The zero-order valence-corrected chi connectivity index (χ0v) is 19.3. The van der Waals surface area contributed by atoms with Gasteiger partial charge in [-0.1, -0.05) is 37.3 Å². The predicted molar refractivity (Wildman–Crippen MR) is 125 cm³/mol. The number of benzene rings is 2. The molecule has 3 aromatic rings. The molecule has 3 rings (SSSR count). The Hall–Kier alpha value is -2.87. The monoisotopic (exact) mass is 439 g/mol. The van der Waals surface area contributed by atoms with Crippen LogP contribution >= 0.6 is 0 Å². The molecule has 7 heteroatoms. The number of methoxy groups -OCH3 is 2. The molecule has 0 aliphatic rings. The molecule has 0 fully saturated rings. The highest BCUT2D eigenvalue weighted by Gasteiger charge is 2.23. The average Bonchev–Trinajstić information content (AvgIpc) is 3.10. The Morgan fingerprint density at radius 3 is 2.34 bits per heavy atom. The number of aliphatic hydroxyl groups excluding tert-OH is 1. The summed E-state index contributed by atoms with van der Waals surface area (Å²) in [5.74, 6) is 2.15. The van der Waals surface area contributed by atoms with Crippen molar-refractivity contribution < 1.29 is 19.3 Å². The molecule has 0 unspecified atom stereocenters. The van der Waals surface area contributed by atoms with Gasteiger partial charge in [0.05, 0.1) is 25.4 Å². The highest BCUT2D eigenvalue weighted by molar-refractivity contribution is 5.65. The van der Waals surface area contributed by atoms with E-state index < -0.39 is 6.10 Å². The molecule has 0 aliphatic carbocycles. The van der Waals surface area contributed by atoms with Gasteiger partial charge in [0.1, 0.15) is 17.2 Å². The van der Waals surface area contributed by atoms with Crippen molar-refractivity contribution in [3.05, 3.63) is 60.2 Å². The molecule has 7 nitrogen and oxygen atoms in total. The number of hydrogen-bond donors (Lipinski definition) is 1. The molecule has 1 atom stereocenters. The first-order chi connectivity index (χ1) is 15.5. The molecule has 32 heavy (non-hydrogen) atoms. The normalized spacial score (nSPS) is 12.2. The van der Waals surface area contributed by atoms with Gasteiger partial charge in [-0.15, -0.1) is 0 Å². The van der Waals surface area contributed by atoms with E-state index in [0.717, 1.165) is 35.5 Å². The first-order valence-corrected chi connectivity index (χ1v) is 10.9. The number of aryl methyl sites for hydroxylation is 1. The molecule has 0 radical (unpaired) electrons. The summed E-state index contributed by atoms with van der Waals surface area (Å²) in [7, 11) is 5.13. The van der Waals surface area contributed by atoms with Gasteiger partial charge < -0.3 is 19.3 Å². The van der Waals surface area contributed by atoms with Crippen LogP contribution in [0.25, 0.3) is 11.3 Å². The summed E-state index contributed by atoms with van der Waals surface area (Å²) in [6.07, 6.45) is 0.407. The summed E-state index contributed by atoms with van der Waals surface area (Å²) in [6.45, 7) is 4.37. The Labute approximate surface area is 190 Å². The number of hydrogen-bond acceptors (Lipinski definition) is 6. The summed E-state index contributed by atoms with van der Waals surface area (Å²) in [6, 6.07) is 17.6. The summed E-state index contributed by atoms with van der Waals surface area (Å²) in [4.78, 5) is 2.22. The zero-order valence-electron chi connectivity index (χ0n) is 19.3. The Morgan fingerprint density at radius 2 is 1.72 bits per heavy atom. The fraction of sp³-hybridized carbons (Fsp3) is 0.400. The number of aliphatic hydroxyl groups is 1. The highest BCUT2D eigenvalue weighted by Crippen LogP contribution is 2.34. The van der Waals surface area contributed by atoms with Crippen molar-refractivity contribution in [3.63, 3.8) is 0 Å². The van der Waals surface area contributed by atoms with Crippen molar-refractivity contribution >= 4 is 0 Å². The molecule has 1 aromatic heterocycles. The van der Waals surface area contributed by atoms with E-state index in [4.69, 9.17) is 19.3 Å². The number of rotatable bonds is 12. The van der Waals surface area contributed by atoms with E-state index >= 15 is 0 Å². The quantitative estimate of drug-likeness (QED) is 0.458. The lowest BCUT2D eigenvalue weighted by molar-refractivity contribution is 0.0357. The first-order valence-electron chi connectivity index (χ1n) is 10.9. The predicted octanol–water partition coefficient (Wildman–Crippen LogP) is 4.11. The highest BCUT2D eigenvalue weighted by atomic mass is 16.5. The molecule has 0 saturated carbocycles. The van der Waals surface area contributed by atoms with Crippen molar-refractivity contribution in [1.82, 2.24) is 14.7 Å². The summed E-state index contributed by atoms with van der Waals surface area (Å²) in [5, 5.41) is 15.1. The molecule has 1 heterocycles. The van der Waals surface area contributed by atoms with Crippen molar-refractivity contribution in [2.45, 2.75) is 26.0 Å². The van der Waals surface area contributed by atoms with Gasteiger partial charge in [0.2, 0.25) is 5.88 Å². The van der Waals surface area contributed by atoms with Gasteiger partial charge >= 0.3 is 0 Å². The second kappa shape index (κ2) is 11.7. The van der Waals surface area contributed by atoms with Crippen LogP contribution in [-0.4, -0.2) is 59.8 Å². The molecule has 0 bridgehead atoms. The Kier molecular flexibility index (Phi) is 8.67. The van der Waals surface area contributed by atoms with E-state index in [0.29, 0.717) is 31.3 Å². The maximum Gasteiger partial charge on any atom is 0.222 e. The lowest BCUT2D eigenvalue weighted by Gasteiger charge is -2.25. The van der Waals surface area contributed by atoms with Gasteiger partial charge in [0, 0.05) is 32.8 Å². The second-order valence-electron chi connectivity index (χ2n) is 7.74. The Bertz CT molecular complexity index is 957. The van der Waals surface area contributed by atoms with Crippen molar-refractivity contribution in [1.29, 1.82) is 0 Å². The molecule has 0 aliphatic heterocycles. The van der Waals surface area contributed by atoms with Crippen LogP contribution in [-0.2, 0) is 18.3 Å². The van der Waals surface area contributed by atoms with Gasteiger partial charge in [-0.25, -0.2) is 4.68 Å². The van der Waals surface area contributed by atoms with Gasteiger partial charge in [-0.05, 0) is 37.2 Å². The van der Waals surface area contributed by atoms with Crippen molar-refractivity contribution in [2.24, 2.45) is 7.05 Å². The fourth-order valence-corrected chi connectivity index (χ4v) is 3.72. The van der Waals surface area contributed by atoms with Crippen LogP contribution in [0.5, 0.6) is 17.4 Å². The minimum Gasteiger partial charge on any atom is -0.497 e. The van der Waals surface area contributed by atoms with E-state index in [2.05, 4.69) is 11.8 Å². The molecular formula is C25H33N3O4. The largest absolute Gasteiger partial charge is 0.497 e. The SMILES string of the molecule is CCCN(Cc1c(-c2ccccc2)nn(C)c1Oc1ccc(OC)cc1)C[C@H](O)COC. The van der Waals surface area contributed by atoms with Gasteiger partial charge in [0.15, 0.2) is 0 Å². The minimum atomic E-state index is -0.561. The smallest absolute Gasteiger partial charge is 0.222 e. The second-order valence-corrected chi connectivity index (χ2v) is 7.74. The van der Waals surface area contributed by atoms with Crippen LogP contribution in [0.15, 0.2) is 54.6 Å². The maximum atomic E-state index is 10.3.